The van der Waals surface area contributed by atoms with Crippen LogP contribution in [0.1, 0.15) is 15.9 Å². The van der Waals surface area contributed by atoms with Crippen LogP contribution in [0.4, 0.5) is 11.4 Å². The molecule has 0 bridgehead atoms. The van der Waals surface area contributed by atoms with Crippen molar-refractivity contribution in [3.63, 3.8) is 0 Å². The van der Waals surface area contributed by atoms with E-state index in [9.17, 15) is 15.2 Å². The van der Waals surface area contributed by atoms with Gasteiger partial charge < -0.3 is 15.7 Å². The highest BCUT2D eigenvalue weighted by Crippen LogP contribution is 2.20. The second kappa shape index (κ2) is 5.19. The maximum atomic E-state index is 11.4. The van der Waals surface area contributed by atoms with Gasteiger partial charge in [-0.2, -0.15) is 10.5 Å². The van der Waals surface area contributed by atoms with Gasteiger partial charge >= 0.3 is 0 Å². The molecule has 0 aliphatic heterocycles. The molecule has 0 spiro atoms. The molecule has 0 aliphatic carbocycles. The summed E-state index contributed by atoms with van der Waals surface area (Å²) in [6.07, 6.45) is 0. The third kappa shape index (κ3) is 2.77. The van der Waals surface area contributed by atoms with Crippen LogP contribution in [-0.4, -0.2) is 23.4 Å². The Morgan fingerprint density at radius 1 is 1.24 bits per heavy atom. The summed E-state index contributed by atoms with van der Waals surface area (Å²) >= 11 is 0. The van der Waals surface area contributed by atoms with E-state index in [1.807, 2.05) is 0 Å². The Balaban J connectivity index is 3.42. The van der Waals surface area contributed by atoms with Crippen molar-refractivity contribution in [3.05, 3.63) is 33.7 Å². The van der Waals surface area contributed by atoms with Crippen molar-refractivity contribution in [1.82, 2.24) is 5.32 Å². The molecular formula is C9H13N3O5. The van der Waals surface area contributed by atoms with Crippen LogP contribution in [0.5, 0.6) is 0 Å². The number of hydrogen-bond donors (Lipinski definition) is 5. The molecule has 8 nitrogen and oxygen atoms in total. The van der Waals surface area contributed by atoms with Crippen LogP contribution >= 0.6 is 0 Å². The zero-order valence-electron chi connectivity index (χ0n) is 9.27. The predicted octanol–water partition coefficient (Wildman–Crippen LogP) is -1.84. The van der Waals surface area contributed by atoms with Crippen molar-refractivity contribution in [3.8, 4) is 0 Å². The summed E-state index contributed by atoms with van der Waals surface area (Å²) in [5.74, 6) is -0.532. The second-order valence-electron chi connectivity index (χ2n) is 3.39. The molecule has 1 aromatic rings. The molecule has 1 amide bonds. The lowest BCUT2D eigenvalue weighted by Gasteiger charge is -2.20. The third-order valence-electron chi connectivity index (χ3n) is 2.36. The van der Waals surface area contributed by atoms with Gasteiger partial charge in [0.1, 0.15) is 0 Å². The molecule has 0 heterocycles. The minimum atomic E-state index is -1.27. The number of nitrogens with one attached hydrogen (secondary N) is 3. The zero-order chi connectivity index (χ0) is 13.2. The molecule has 1 aromatic carbocycles. The molecule has 0 saturated carbocycles. The fraction of sp³-hybridized carbons (Fsp3) is 0.222. The topological polar surface area (TPSA) is 125 Å². The molecule has 2 atom stereocenters. The Hall–Kier alpha value is -1.55. The molecule has 0 aliphatic rings. The molecule has 0 aromatic heterocycles. The molecular weight excluding hydrogens is 230 g/mol. The van der Waals surface area contributed by atoms with E-state index < -0.39 is 16.4 Å². The van der Waals surface area contributed by atoms with Crippen molar-refractivity contribution in [2.75, 3.05) is 7.05 Å². The van der Waals surface area contributed by atoms with Gasteiger partial charge in [-0.15, -0.1) is 0 Å². The van der Waals surface area contributed by atoms with Gasteiger partial charge in [0.05, 0.1) is 11.1 Å². The average Bonchev–Trinajstić information content (AvgIpc) is 2.27. The van der Waals surface area contributed by atoms with Crippen LogP contribution in [0.15, 0.2) is 12.1 Å². The van der Waals surface area contributed by atoms with Gasteiger partial charge in [-0.1, -0.05) is 0 Å². The van der Waals surface area contributed by atoms with Crippen molar-refractivity contribution < 1.29 is 25.7 Å². The number of benzene rings is 1. The monoisotopic (exact) mass is 243 g/mol. The highest BCUT2D eigenvalue weighted by molar-refractivity contribution is 5.95. The molecule has 0 saturated heterocycles. The van der Waals surface area contributed by atoms with Crippen molar-refractivity contribution in [2.24, 2.45) is 0 Å². The Kier molecular flexibility index (Phi) is 4.12. The van der Waals surface area contributed by atoms with Crippen LogP contribution < -0.4 is 15.8 Å². The van der Waals surface area contributed by atoms with E-state index in [-0.39, 0.29) is 22.5 Å². The van der Waals surface area contributed by atoms with E-state index in [2.05, 4.69) is 5.32 Å². The van der Waals surface area contributed by atoms with Crippen LogP contribution in [0.25, 0.3) is 0 Å². The van der Waals surface area contributed by atoms with Gasteiger partial charge in [0.15, 0.2) is 11.4 Å². The molecule has 2 unspecified atom stereocenters. The number of hydrogen-bond acceptors (Lipinski definition) is 5. The number of carbonyl (C=O) groups is 1. The van der Waals surface area contributed by atoms with Crippen molar-refractivity contribution in [2.45, 2.75) is 6.92 Å². The van der Waals surface area contributed by atoms with E-state index >= 15 is 0 Å². The van der Waals surface area contributed by atoms with Gasteiger partial charge in [-0.25, -0.2) is 10.4 Å². The summed E-state index contributed by atoms with van der Waals surface area (Å²) in [6.45, 7) is 1.39. The molecule has 0 radical (unpaired) electrons. The SMILES string of the molecule is CNC(=O)c1cc([NH+]([O-])O)c(C)c([NH+]([O-])O)c1. The Bertz CT molecular complexity index is 404. The molecule has 8 heteroatoms. The van der Waals surface area contributed by atoms with E-state index in [0.29, 0.717) is 0 Å². The molecule has 17 heavy (non-hydrogen) atoms. The van der Waals surface area contributed by atoms with Gasteiger partial charge in [0, 0.05) is 19.2 Å². The third-order valence-corrected chi connectivity index (χ3v) is 2.36. The summed E-state index contributed by atoms with van der Waals surface area (Å²) in [7, 11) is 1.38. The first-order valence-electron chi connectivity index (χ1n) is 4.71. The Morgan fingerprint density at radius 3 is 1.94 bits per heavy atom. The van der Waals surface area contributed by atoms with Gasteiger partial charge in [0.25, 0.3) is 5.91 Å². The molecule has 94 valence electrons. The minimum Gasteiger partial charge on any atom is -0.595 e. The lowest BCUT2D eigenvalue weighted by Crippen LogP contribution is -3.01. The lowest BCUT2D eigenvalue weighted by atomic mass is 10.1. The number of quaternary nitrogens is 2. The number of rotatable bonds is 3. The van der Waals surface area contributed by atoms with Crippen molar-refractivity contribution >= 4 is 17.3 Å². The zero-order valence-corrected chi connectivity index (χ0v) is 9.27. The maximum absolute atomic E-state index is 11.4. The molecule has 1 rings (SSSR count). The summed E-state index contributed by atoms with van der Waals surface area (Å²) in [4.78, 5) is 11.4. The second-order valence-corrected chi connectivity index (χ2v) is 3.39. The highest BCUT2D eigenvalue weighted by Gasteiger charge is 2.19. The molecule has 0 fully saturated rings. The average molecular weight is 243 g/mol. The highest BCUT2D eigenvalue weighted by atomic mass is 16.8. The van der Waals surface area contributed by atoms with Crippen LogP contribution in [0.3, 0.4) is 0 Å². The van der Waals surface area contributed by atoms with E-state index in [4.69, 9.17) is 10.4 Å². The number of amides is 1. The normalized spacial score (nSPS) is 14.2. The first-order chi connectivity index (χ1) is 7.88. The van der Waals surface area contributed by atoms with Gasteiger partial charge in [-0.3, -0.25) is 4.79 Å². The Labute approximate surface area is 96.8 Å². The van der Waals surface area contributed by atoms with E-state index in [0.717, 1.165) is 12.1 Å². The quantitative estimate of drug-likeness (QED) is 0.399. The van der Waals surface area contributed by atoms with E-state index in [1.165, 1.54) is 14.0 Å². The molecule has 5 N–H and O–H groups in total. The Morgan fingerprint density at radius 2 is 1.65 bits per heavy atom. The van der Waals surface area contributed by atoms with E-state index in [1.54, 1.807) is 0 Å². The van der Waals surface area contributed by atoms with Crippen LogP contribution in [0, 0.1) is 17.3 Å². The first kappa shape index (κ1) is 13.5. The minimum absolute atomic E-state index is 0.00731. The van der Waals surface area contributed by atoms with Crippen LogP contribution in [0.2, 0.25) is 0 Å². The lowest BCUT2D eigenvalue weighted by molar-refractivity contribution is -0.996. The smallest absolute Gasteiger partial charge is 0.251 e. The fourth-order valence-corrected chi connectivity index (χ4v) is 1.43. The number of carbonyl (C=O) groups excluding carboxylic acids is 1. The van der Waals surface area contributed by atoms with Crippen molar-refractivity contribution in [1.29, 1.82) is 0 Å². The largest absolute Gasteiger partial charge is 0.595 e. The first-order valence-corrected chi connectivity index (χ1v) is 4.71. The summed E-state index contributed by atoms with van der Waals surface area (Å²) in [6, 6.07) is 2.31. The summed E-state index contributed by atoms with van der Waals surface area (Å²) in [5, 5.41) is 39.5. The van der Waals surface area contributed by atoms with Crippen LogP contribution in [-0.2, 0) is 0 Å². The summed E-state index contributed by atoms with van der Waals surface area (Å²) in [5.41, 5.74) is -0.252. The van der Waals surface area contributed by atoms with Gasteiger partial charge in [0.2, 0.25) is 0 Å². The fourth-order valence-electron chi connectivity index (χ4n) is 1.43. The maximum Gasteiger partial charge on any atom is 0.251 e. The standard InChI is InChI=1S/C9H13N3O5/c1-5-7(11(14)15)3-6(9(13)10-2)4-8(5)12(16)17/h3-4,11-12,14,16H,1-2H3,(H,10,13). The predicted molar refractivity (Wildman–Crippen MR) is 56.1 cm³/mol. The summed E-state index contributed by atoms with van der Waals surface area (Å²) < 4.78 is 0. The van der Waals surface area contributed by atoms with Gasteiger partial charge in [-0.05, 0) is 6.92 Å².